The Morgan fingerprint density at radius 2 is 1.85 bits per heavy atom. The van der Waals surface area contributed by atoms with Crippen LogP contribution in [0.3, 0.4) is 0 Å². The molecule has 0 saturated carbocycles. The average Bonchev–Trinajstić information content (AvgIpc) is 2.30. The molecule has 20 heavy (non-hydrogen) atoms. The largest absolute Gasteiger partial charge is 0.491 e. The van der Waals surface area contributed by atoms with Gasteiger partial charge < -0.3 is 9.47 Å². The Morgan fingerprint density at radius 3 is 2.30 bits per heavy atom. The molecule has 0 radical (unpaired) electrons. The predicted octanol–water partition coefficient (Wildman–Crippen LogP) is 4.65. The standard InChI is InChI=1S/C15H18I2O3/c1-5-10-8-11(16)14(12(17)9-10)19-7-6-13(18)20-15(2,3)4/h5,8-9H,1,6-7H2,2-4H3. The van der Waals surface area contributed by atoms with Crippen molar-refractivity contribution in [3.05, 3.63) is 31.4 Å². The minimum absolute atomic E-state index is 0.243. The van der Waals surface area contributed by atoms with E-state index in [1.807, 2.05) is 32.9 Å². The summed E-state index contributed by atoms with van der Waals surface area (Å²) < 4.78 is 13.0. The van der Waals surface area contributed by atoms with E-state index in [1.165, 1.54) is 0 Å². The molecule has 0 aromatic heterocycles. The molecular weight excluding hydrogens is 482 g/mol. The van der Waals surface area contributed by atoms with E-state index in [0.717, 1.165) is 18.5 Å². The second-order valence-corrected chi connectivity index (χ2v) is 7.53. The molecule has 5 heteroatoms. The Balaban J connectivity index is 2.59. The smallest absolute Gasteiger partial charge is 0.309 e. The minimum Gasteiger partial charge on any atom is -0.491 e. The van der Waals surface area contributed by atoms with Gasteiger partial charge >= 0.3 is 5.97 Å². The zero-order chi connectivity index (χ0) is 15.3. The normalized spacial score (nSPS) is 11.1. The molecule has 0 spiro atoms. The molecule has 0 N–H and O–H groups in total. The third-order valence-corrected chi connectivity index (χ3v) is 3.83. The Bertz CT molecular complexity index is 481. The lowest BCUT2D eigenvalue weighted by Crippen LogP contribution is -2.24. The summed E-state index contributed by atoms with van der Waals surface area (Å²) in [5.41, 5.74) is 0.601. The van der Waals surface area contributed by atoms with Gasteiger partial charge in [0.05, 0.1) is 20.2 Å². The monoisotopic (exact) mass is 500 g/mol. The summed E-state index contributed by atoms with van der Waals surface area (Å²) in [7, 11) is 0. The summed E-state index contributed by atoms with van der Waals surface area (Å²) in [6, 6.07) is 4.00. The summed E-state index contributed by atoms with van der Waals surface area (Å²) in [5.74, 6) is 0.561. The van der Waals surface area contributed by atoms with Gasteiger partial charge in [0, 0.05) is 0 Å². The molecule has 0 unspecified atom stereocenters. The van der Waals surface area contributed by atoms with Crippen molar-refractivity contribution in [2.75, 3.05) is 6.61 Å². The number of carbonyl (C=O) groups excluding carboxylic acids is 1. The van der Waals surface area contributed by atoms with Gasteiger partial charge in [0.25, 0.3) is 0 Å². The van der Waals surface area contributed by atoms with E-state index in [9.17, 15) is 4.79 Å². The van der Waals surface area contributed by atoms with E-state index >= 15 is 0 Å². The van der Waals surface area contributed by atoms with Gasteiger partial charge in [0.1, 0.15) is 11.4 Å². The third kappa shape index (κ3) is 5.99. The number of rotatable bonds is 5. The molecule has 3 nitrogen and oxygen atoms in total. The first kappa shape index (κ1) is 17.7. The van der Waals surface area contributed by atoms with Crippen LogP contribution in [-0.4, -0.2) is 18.2 Å². The first-order chi connectivity index (χ1) is 9.23. The van der Waals surface area contributed by atoms with E-state index in [4.69, 9.17) is 9.47 Å². The van der Waals surface area contributed by atoms with Crippen LogP contribution in [0, 0.1) is 7.14 Å². The molecule has 0 fully saturated rings. The van der Waals surface area contributed by atoms with Gasteiger partial charge in [-0.25, -0.2) is 0 Å². The van der Waals surface area contributed by atoms with Crippen LogP contribution in [0.2, 0.25) is 0 Å². The lowest BCUT2D eigenvalue weighted by atomic mass is 10.2. The lowest BCUT2D eigenvalue weighted by molar-refractivity contribution is -0.155. The highest BCUT2D eigenvalue weighted by atomic mass is 127. The van der Waals surface area contributed by atoms with Crippen molar-refractivity contribution >= 4 is 57.2 Å². The Labute approximate surface area is 147 Å². The Morgan fingerprint density at radius 1 is 1.30 bits per heavy atom. The second-order valence-electron chi connectivity index (χ2n) is 5.20. The number of hydrogen-bond acceptors (Lipinski definition) is 3. The Hall–Kier alpha value is -0.310. The molecule has 0 heterocycles. The van der Waals surface area contributed by atoms with Crippen molar-refractivity contribution in [2.45, 2.75) is 32.8 Å². The van der Waals surface area contributed by atoms with E-state index in [1.54, 1.807) is 6.08 Å². The summed E-state index contributed by atoms with van der Waals surface area (Å²) in [4.78, 5) is 11.6. The number of hydrogen-bond donors (Lipinski definition) is 0. The quantitative estimate of drug-likeness (QED) is 0.437. The minimum atomic E-state index is -0.453. The Kier molecular flexibility index (Phi) is 6.77. The van der Waals surface area contributed by atoms with Gasteiger partial charge in [-0.15, -0.1) is 0 Å². The van der Waals surface area contributed by atoms with E-state index in [0.29, 0.717) is 6.61 Å². The fourth-order valence-corrected chi connectivity index (χ4v) is 3.59. The number of halogens is 2. The van der Waals surface area contributed by atoms with Gasteiger partial charge in [-0.1, -0.05) is 12.7 Å². The molecule has 0 aliphatic heterocycles. The highest BCUT2D eigenvalue weighted by Crippen LogP contribution is 2.29. The van der Waals surface area contributed by atoms with Crippen LogP contribution in [0.1, 0.15) is 32.8 Å². The van der Waals surface area contributed by atoms with Gasteiger partial charge in [-0.05, 0) is 83.6 Å². The maximum absolute atomic E-state index is 11.6. The number of ether oxygens (including phenoxy) is 2. The number of benzene rings is 1. The summed E-state index contributed by atoms with van der Waals surface area (Å²) in [5, 5.41) is 0. The van der Waals surface area contributed by atoms with Crippen molar-refractivity contribution in [1.29, 1.82) is 0 Å². The van der Waals surface area contributed by atoms with Gasteiger partial charge in [-0.3, -0.25) is 4.79 Å². The lowest BCUT2D eigenvalue weighted by Gasteiger charge is -2.19. The second kappa shape index (κ2) is 7.63. The molecule has 1 rings (SSSR count). The molecule has 0 amide bonds. The van der Waals surface area contributed by atoms with Gasteiger partial charge in [0.15, 0.2) is 0 Å². The van der Waals surface area contributed by atoms with Crippen molar-refractivity contribution in [3.63, 3.8) is 0 Å². The zero-order valence-electron chi connectivity index (χ0n) is 11.8. The summed E-state index contributed by atoms with van der Waals surface area (Å²) >= 11 is 4.44. The SMILES string of the molecule is C=Cc1cc(I)c(OCCC(=O)OC(C)(C)C)c(I)c1. The molecule has 0 aliphatic rings. The summed E-state index contributed by atoms with van der Waals surface area (Å²) in [6.45, 7) is 9.63. The summed E-state index contributed by atoms with van der Waals surface area (Å²) in [6.07, 6.45) is 2.04. The first-order valence-electron chi connectivity index (χ1n) is 6.19. The zero-order valence-corrected chi connectivity index (χ0v) is 16.1. The fraction of sp³-hybridized carbons (Fsp3) is 0.400. The molecule has 0 bridgehead atoms. The molecule has 1 aromatic rings. The molecule has 0 atom stereocenters. The number of esters is 1. The topological polar surface area (TPSA) is 35.5 Å². The van der Waals surface area contributed by atoms with Crippen molar-refractivity contribution < 1.29 is 14.3 Å². The van der Waals surface area contributed by atoms with Crippen LogP contribution < -0.4 is 4.74 Å². The van der Waals surface area contributed by atoms with Gasteiger partial charge in [-0.2, -0.15) is 0 Å². The highest BCUT2D eigenvalue weighted by Gasteiger charge is 2.16. The van der Waals surface area contributed by atoms with Gasteiger partial charge in [0.2, 0.25) is 0 Å². The first-order valence-corrected chi connectivity index (χ1v) is 8.35. The predicted molar refractivity (Wildman–Crippen MR) is 97.9 cm³/mol. The average molecular weight is 500 g/mol. The number of carbonyl (C=O) groups is 1. The molecule has 0 aliphatic carbocycles. The molecule has 110 valence electrons. The maximum atomic E-state index is 11.6. The van der Waals surface area contributed by atoms with Crippen molar-refractivity contribution in [1.82, 2.24) is 0 Å². The molecule has 0 saturated heterocycles. The van der Waals surface area contributed by atoms with E-state index < -0.39 is 5.60 Å². The van der Waals surface area contributed by atoms with Crippen molar-refractivity contribution in [2.24, 2.45) is 0 Å². The molecule has 1 aromatic carbocycles. The maximum Gasteiger partial charge on any atom is 0.309 e. The van der Waals surface area contributed by atoms with Crippen LogP contribution >= 0.6 is 45.2 Å². The van der Waals surface area contributed by atoms with Crippen molar-refractivity contribution in [3.8, 4) is 5.75 Å². The third-order valence-electron chi connectivity index (χ3n) is 2.23. The van der Waals surface area contributed by atoms with E-state index in [2.05, 4.69) is 51.8 Å². The van der Waals surface area contributed by atoms with Crippen LogP contribution in [0.4, 0.5) is 0 Å². The van der Waals surface area contributed by atoms with Crippen LogP contribution in [0.5, 0.6) is 5.75 Å². The molecular formula is C15H18I2O3. The highest BCUT2D eigenvalue weighted by molar-refractivity contribution is 14.1. The van der Waals surface area contributed by atoms with E-state index in [-0.39, 0.29) is 12.4 Å². The van der Waals surface area contributed by atoms with Crippen LogP contribution in [-0.2, 0) is 9.53 Å². The van der Waals surface area contributed by atoms with Crippen LogP contribution in [0.15, 0.2) is 18.7 Å². The van der Waals surface area contributed by atoms with Crippen LogP contribution in [0.25, 0.3) is 6.08 Å². The fourth-order valence-electron chi connectivity index (χ4n) is 1.46.